The topological polar surface area (TPSA) is 32.3 Å². The molecule has 0 unspecified atom stereocenters. The van der Waals surface area contributed by atoms with Crippen molar-refractivity contribution in [3.63, 3.8) is 0 Å². The van der Waals surface area contributed by atoms with Crippen molar-refractivity contribution in [3.8, 4) is 0 Å². The molecule has 0 bridgehead atoms. The van der Waals surface area contributed by atoms with Gasteiger partial charge in [0, 0.05) is 14.1 Å². The highest BCUT2D eigenvalue weighted by molar-refractivity contribution is 5.77. The second-order valence-electron chi connectivity index (χ2n) is 2.82. The quantitative estimate of drug-likeness (QED) is 0.485. The average Bonchev–Trinajstić information content (AvgIpc) is 2.03. The van der Waals surface area contributed by atoms with Crippen molar-refractivity contribution in [1.29, 1.82) is 0 Å². The molecule has 0 aliphatic heterocycles. The van der Waals surface area contributed by atoms with Gasteiger partial charge in [0.2, 0.25) is 5.91 Å². The van der Waals surface area contributed by atoms with E-state index < -0.39 is 0 Å². The van der Waals surface area contributed by atoms with Gasteiger partial charge in [-0.1, -0.05) is 12.2 Å². The zero-order valence-electron chi connectivity index (χ0n) is 8.13. The van der Waals surface area contributed by atoms with E-state index in [0.717, 1.165) is 13.0 Å². The van der Waals surface area contributed by atoms with Crippen molar-refractivity contribution in [2.45, 2.75) is 13.3 Å². The van der Waals surface area contributed by atoms with Gasteiger partial charge in [0.25, 0.3) is 0 Å². The first-order valence-electron chi connectivity index (χ1n) is 4.20. The molecule has 0 radical (unpaired) electrons. The Balaban J connectivity index is 3.26. The van der Waals surface area contributed by atoms with Gasteiger partial charge < -0.3 is 10.2 Å². The number of hydrogen-bond donors (Lipinski definition) is 1. The number of nitrogens with one attached hydrogen (secondary N) is 1. The third-order valence-electron chi connectivity index (χ3n) is 1.50. The van der Waals surface area contributed by atoms with E-state index in [0.29, 0.717) is 6.54 Å². The Hall–Kier alpha value is -0.830. The molecular formula is C9H18N2O. The first-order chi connectivity index (χ1) is 5.68. The highest BCUT2D eigenvalue weighted by atomic mass is 16.2. The molecule has 3 nitrogen and oxygen atoms in total. The number of nitrogens with zero attached hydrogens (tertiary/aromatic N) is 1. The summed E-state index contributed by atoms with van der Waals surface area (Å²) >= 11 is 0. The third kappa shape index (κ3) is 5.92. The standard InChI is InChI=1S/C9H18N2O/c1-4-5-6-7-10-8-9(12)11(2)3/h4-5,10H,6-8H2,1-3H3/b5-4+. The Morgan fingerprint density at radius 3 is 2.67 bits per heavy atom. The number of carbonyl (C=O) groups excluding carboxylic acids is 1. The summed E-state index contributed by atoms with van der Waals surface area (Å²) < 4.78 is 0. The molecule has 0 heterocycles. The number of allylic oxidation sites excluding steroid dienone is 1. The summed E-state index contributed by atoms with van der Waals surface area (Å²) in [4.78, 5) is 12.6. The number of carbonyl (C=O) groups is 1. The molecule has 0 aliphatic carbocycles. The van der Waals surface area contributed by atoms with Crippen molar-refractivity contribution in [1.82, 2.24) is 10.2 Å². The second kappa shape index (κ2) is 6.85. The highest BCUT2D eigenvalue weighted by Gasteiger charge is 2.00. The van der Waals surface area contributed by atoms with Gasteiger partial charge in [-0.25, -0.2) is 0 Å². The van der Waals surface area contributed by atoms with E-state index in [1.807, 2.05) is 13.0 Å². The van der Waals surface area contributed by atoms with Crippen LogP contribution in [0, 0.1) is 0 Å². The van der Waals surface area contributed by atoms with E-state index in [2.05, 4.69) is 11.4 Å². The molecule has 0 saturated carbocycles. The smallest absolute Gasteiger partial charge is 0.236 e. The number of hydrogen-bond acceptors (Lipinski definition) is 2. The van der Waals surface area contributed by atoms with Crippen LogP contribution in [0.15, 0.2) is 12.2 Å². The van der Waals surface area contributed by atoms with Gasteiger partial charge in [0.1, 0.15) is 0 Å². The van der Waals surface area contributed by atoms with Crippen molar-refractivity contribution in [2.75, 3.05) is 27.2 Å². The number of rotatable bonds is 5. The van der Waals surface area contributed by atoms with Crippen LogP contribution in [0.1, 0.15) is 13.3 Å². The van der Waals surface area contributed by atoms with E-state index in [-0.39, 0.29) is 5.91 Å². The minimum atomic E-state index is 0.121. The Bertz CT molecular complexity index is 153. The van der Waals surface area contributed by atoms with E-state index in [1.54, 1.807) is 19.0 Å². The molecule has 1 N–H and O–H groups in total. The molecule has 0 aromatic heterocycles. The lowest BCUT2D eigenvalue weighted by molar-refractivity contribution is -0.127. The molecule has 0 aromatic rings. The molecule has 0 aromatic carbocycles. The summed E-state index contributed by atoms with van der Waals surface area (Å²) in [5.41, 5.74) is 0. The van der Waals surface area contributed by atoms with Crippen LogP contribution in [0.3, 0.4) is 0 Å². The van der Waals surface area contributed by atoms with Crippen molar-refractivity contribution < 1.29 is 4.79 Å². The lowest BCUT2D eigenvalue weighted by Gasteiger charge is -2.09. The van der Waals surface area contributed by atoms with E-state index >= 15 is 0 Å². The average molecular weight is 170 g/mol. The molecule has 0 atom stereocenters. The third-order valence-corrected chi connectivity index (χ3v) is 1.50. The predicted molar refractivity (Wildman–Crippen MR) is 51.0 cm³/mol. The maximum absolute atomic E-state index is 11.0. The first-order valence-corrected chi connectivity index (χ1v) is 4.20. The summed E-state index contributed by atoms with van der Waals surface area (Å²) in [6.45, 7) is 3.29. The monoisotopic (exact) mass is 170 g/mol. The largest absolute Gasteiger partial charge is 0.348 e. The molecule has 0 aliphatic rings. The molecule has 0 fully saturated rings. The van der Waals surface area contributed by atoms with Gasteiger partial charge in [-0.15, -0.1) is 0 Å². The fraction of sp³-hybridized carbons (Fsp3) is 0.667. The highest BCUT2D eigenvalue weighted by Crippen LogP contribution is 1.80. The van der Waals surface area contributed by atoms with Gasteiger partial charge in [-0.3, -0.25) is 4.79 Å². The van der Waals surface area contributed by atoms with Crippen LogP contribution in [-0.2, 0) is 4.79 Å². The zero-order chi connectivity index (χ0) is 9.40. The lowest BCUT2D eigenvalue weighted by atomic mass is 10.4. The van der Waals surface area contributed by atoms with Crippen LogP contribution in [0.2, 0.25) is 0 Å². The van der Waals surface area contributed by atoms with Gasteiger partial charge in [0.15, 0.2) is 0 Å². The zero-order valence-corrected chi connectivity index (χ0v) is 8.13. The summed E-state index contributed by atoms with van der Waals surface area (Å²) in [5.74, 6) is 0.121. The molecule has 0 spiro atoms. The van der Waals surface area contributed by atoms with Crippen molar-refractivity contribution >= 4 is 5.91 Å². The molecule has 0 rings (SSSR count). The minimum Gasteiger partial charge on any atom is -0.348 e. The fourth-order valence-corrected chi connectivity index (χ4v) is 0.705. The van der Waals surface area contributed by atoms with Crippen LogP contribution in [0.25, 0.3) is 0 Å². The van der Waals surface area contributed by atoms with E-state index in [9.17, 15) is 4.79 Å². The normalized spacial score (nSPS) is 10.6. The van der Waals surface area contributed by atoms with Crippen LogP contribution >= 0.6 is 0 Å². The summed E-state index contributed by atoms with van der Waals surface area (Å²) in [5, 5.41) is 3.06. The Labute approximate surface area is 74.4 Å². The Morgan fingerprint density at radius 1 is 1.50 bits per heavy atom. The Morgan fingerprint density at radius 2 is 2.17 bits per heavy atom. The van der Waals surface area contributed by atoms with Gasteiger partial charge in [0.05, 0.1) is 6.54 Å². The van der Waals surface area contributed by atoms with Crippen LogP contribution < -0.4 is 5.32 Å². The Kier molecular flexibility index (Phi) is 6.38. The SMILES string of the molecule is C/C=C/CCNCC(=O)N(C)C. The molecule has 3 heteroatoms. The van der Waals surface area contributed by atoms with Gasteiger partial charge in [-0.05, 0) is 19.9 Å². The summed E-state index contributed by atoms with van der Waals surface area (Å²) in [6.07, 6.45) is 5.07. The molecule has 0 saturated heterocycles. The van der Waals surface area contributed by atoms with Crippen molar-refractivity contribution in [3.05, 3.63) is 12.2 Å². The fourth-order valence-electron chi connectivity index (χ4n) is 0.705. The van der Waals surface area contributed by atoms with Crippen LogP contribution in [0.5, 0.6) is 0 Å². The predicted octanol–water partition coefficient (Wildman–Crippen LogP) is 0.630. The molecule has 1 amide bonds. The second-order valence-corrected chi connectivity index (χ2v) is 2.82. The summed E-state index contributed by atoms with van der Waals surface area (Å²) in [7, 11) is 3.52. The number of likely N-dealkylation sites (N-methyl/N-ethyl adjacent to an activating group) is 1. The molecule has 70 valence electrons. The van der Waals surface area contributed by atoms with Crippen molar-refractivity contribution in [2.24, 2.45) is 0 Å². The van der Waals surface area contributed by atoms with Gasteiger partial charge in [-0.2, -0.15) is 0 Å². The first kappa shape index (κ1) is 11.2. The van der Waals surface area contributed by atoms with E-state index in [1.165, 1.54) is 0 Å². The maximum Gasteiger partial charge on any atom is 0.236 e. The minimum absolute atomic E-state index is 0.121. The molecular weight excluding hydrogens is 152 g/mol. The lowest BCUT2D eigenvalue weighted by Crippen LogP contribution is -2.33. The van der Waals surface area contributed by atoms with Crippen LogP contribution in [0.4, 0.5) is 0 Å². The van der Waals surface area contributed by atoms with E-state index in [4.69, 9.17) is 0 Å². The maximum atomic E-state index is 11.0. The number of amides is 1. The molecule has 12 heavy (non-hydrogen) atoms. The van der Waals surface area contributed by atoms with Crippen LogP contribution in [-0.4, -0.2) is 38.0 Å². The summed E-state index contributed by atoms with van der Waals surface area (Å²) in [6, 6.07) is 0. The van der Waals surface area contributed by atoms with Gasteiger partial charge >= 0.3 is 0 Å².